The zero-order chi connectivity index (χ0) is 12.2. The fourth-order valence-corrected chi connectivity index (χ4v) is 2.63. The van der Waals surface area contributed by atoms with Crippen molar-refractivity contribution in [3.8, 4) is 12.3 Å². The number of rotatable bonds is 3. The van der Waals surface area contributed by atoms with Gasteiger partial charge in [0.25, 0.3) is 0 Å². The van der Waals surface area contributed by atoms with Gasteiger partial charge in [-0.15, -0.1) is 6.42 Å². The molecule has 0 aromatic rings. The van der Waals surface area contributed by atoms with Gasteiger partial charge in [0.15, 0.2) is 0 Å². The zero-order valence-corrected chi connectivity index (χ0v) is 11.3. The lowest BCUT2D eigenvalue weighted by Crippen LogP contribution is -2.33. The maximum absolute atomic E-state index is 5.35. The van der Waals surface area contributed by atoms with Crippen molar-refractivity contribution >= 4 is 0 Å². The number of terminal acetylenes is 1. The maximum atomic E-state index is 5.35. The van der Waals surface area contributed by atoms with E-state index in [2.05, 4.69) is 38.9 Å². The van der Waals surface area contributed by atoms with Crippen LogP contribution in [-0.2, 0) is 0 Å². The summed E-state index contributed by atoms with van der Waals surface area (Å²) in [6.45, 7) is 10.3. The standard InChI is InChI=1S/C15H27N/c1-6-12(2)16-11-13-7-9-14(10-8-13)15(3,4)5/h1,12-14,16H,7-11H2,2-5H3. The normalized spacial score (nSPS) is 28.4. The average molecular weight is 221 g/mol. The van der Waals surface area contributed by atoms with Crippen LogP contribution in [0.3, 0.4) is 0 Å². The Bertz CT molecular complexity index is 235. The molecule has 1 N–H and O–H groups in total. The topological polar surface area (TPSA) is 12.0 Å². The van der Waals surface area contributed by atoms with E-state index in [0.29, 0.717) is 5.41 Å². The van der Waals surface area contributed by atoms with E-state index in [-0.39, 0.29) is 6.04 Å². The molecule has 1 unspecified atom stereocenters. The van der Waals surface area contributed by atoms with Crippen LogP contribution in [0.4, 0.5) is 0 Å². The summed E-state index contributed by atoms with van der Waals surface area (Å²) in [5, 5.41) is 3.42. The summed E-state index contributed by atoms with van der Waals surface area (Å²) in [5.41, 5.74) is 0.491. The molecule has 0 aromatic carbocycles. The van der Waals surface area contributed by atoms with Gasteiger partial charge in [0.1, 0.15) is 0 Å². The molecule has 1 saturated carbocycles. The van der Waals surface area contributed by atoms with Gasteiger partial charge in [-0.3, -0.25) is 0 Å². The first-order valence-corrected chi connectivity index (χ1v) is 6.63. The zero-order valence-electron chi connectivity index (χ0n) is 11.3. The summed E-state index contributed by atoms with van der Waals surface area (Å²) in [7, 11) is 0. The van der Waals surface area contributed by atoms with Crippen LogP contribution in [-0.4, -0.2) is 12.6 Å². The molecule has 1 aliphatic carbocycles. The van der Waals surface area contributed by atoms with Crippen molar-refractivity contribution in [2.75, 3.05) is 6.54 Å². The quantitative estimate of drug-likeness (QED) is 0.720. The highest BCUT2D eigenvalue weighted by Crippen LogP contribution is 2.39. The lowest BCUT2D eigenvalue weighted by molar-refractivity contribution is 0.148. The van der Waals surface area contributed by atoms with Crippen LogP contribution in [0.5, 0.6) is 0 Å². The molecule has 0 spiro atoms. The lowest BCUT2D eigenvalue weighted by atomic mass is 9.70. The van der Waals surface area contributed by atoms with Crippen LogP contribution in [0.15, 0.2) is 0 Å². The predicted molar refractivity (Wildman–Crippen MR) is 71.2 cm³/mol. The van der Waals surface area contributed by atoms with E-state index in [1.807, 2.05) is 0 Å². The van der Waals surface area contributed by atoms with Crippen LogP contribution in [0, 0.1) is 29.6 Å². The molecular formula is C15H27N. The summed E-state index contributed by atoms with van der Waals surface area (Å²) in [5.74, 6) is 4.48. The Balaban J connectivity index is 2.25. The van der Waals surface area contributed by atoms with Gasteiger partial charge in [-0.25, -0.2) is 0 Å². The fraction of sp³-hybridized carbons (Fsp3) is 0.867. The SMILES string of the molecule is C#CC(C)NCC1CCC(C(C)(C)C)CC1. The number of hydrogen-bond acceptors (Lipinski definition) is 1. The maximum Gasteiger partial charge on any atom is 0.0658 e. The third-order valence-corrected chi connectivity index (χ3v) is 4.03. The summed E-state index contributed by atoms with van der Waals surface area (Å²) in [4.78, 5) is 0. The molecule has 16 heavy (non-hydrogen) atoms. The van der Waals surface area contributed by atoms with Crippen molar-refractivity contribution in [1.29, 1.82) is 0 Å². The molecule has 0 bridgehead atoms. The molecule has 92 valence electrons. The van der Waals surface area contributed by atoms with Crippen LogP contribution >= 0.6 is 0 Å². The van der Waals surface area contributed by atoms with Gasteiger partial charge in [0, 0.05) is 0 Å². The van der Waals surface area contributed by atoms with Gasteiger partial charge in [-0.05, 0) is 56.4 Å². The third-order valence-electron chi connectivity index (χ3n) is 4.03. The van der Waals surface area contributed by atoms with Gasteiger partial charge in [-0.2, -0.15) is 0 Å². The molecule has 1 rings (SSSR count). The van der Waals surface area contributed by atoms with Crippen LogP contribution < -0.4 is 5.32 Å². The van der Waals surface area contributed by atoms with Crippen molar-refractivity contribution < 1.29 is 0 Å². The summed E-state index contributed by atoms with van der Waals surface area (Å²) >= 11 is 0. The van der Waals surface area contributed by atoms with Gasteiger partial charge in [-0.1, -0.05) is 26.7 Å². The van der Waals surface area contributed by atoms with E-state index >= 15 is 0 Å². The molecule has 1 fully saturated rings. The van der Waals surface area contributed by atoms with Crippen LogP contribution in [0.2, 0.25) is 0 Å². The molecular weight excluding hydrogens is 194 g/mol. The minimum atomic E-state index is 0.223. The lowest BCUT2D eigenvalue weighted by Gasteiger charge is -2.37. The second kappa shape index (κ2) is 5.73. The summed E-state index contributed by atoms with van der Waals surface area (Å²) in [6, 6.07) is 0.223. The molecule has 0 radical (unpaired) electrons. The minimum Gasteiger partial charge on any atom is -0.304 e. The van der Waals surface area contributed by atoms with Crippen LogP contribution in [0.25, 0.3) is 0 Å². The molecule has 0 aromatic heterocycles. The molecule has 1 aliphatic rings. The van der Waals surface area contributed by atoms with E-state index in [0.717, 1.165) is 18.4 Å². The molecule has 1 heteroatoms. The molecule has 1 nitrogen and oxygen atoms in total. The Labute approximate surface area is 101 Å². The first-order chi connectivity index (χ1) is 7.43. The van der Waals surface area contributed by atoms with Gasteiger partial charge < -0.3 is 5.32 Å². The van der Waals surface area contributed by atoms with E-state index < -0.39 is 0 Å². The Hall–Kier alpha value is -0.480. The van der Waals surface area contributed by atoms with Crippen molar-refractivity contribution in [3.05, 3.63) is 0 Å². The highest BCUT2D eigenvalue weighted by Gasteiger charge is 2.29. The van der Waals surface area contributed by atoms with E-state index in [4.69, 9.17) is 6.42 Å². The van der Waals surface area contributed by atoms with Crippen molar-refractivity contribution in [3.63, 3.8) is 0 Å². The Morgan fingerprint density at radius 2 is 1.81 bits per heavy atom. The first kappa shape index (κ1) is 13.6. The molecule has 0 aliphatic heterocycles. The second-order valence-corrected chi connectivity index (χ2v) is 6.38. The second-order valence-electron chi connectivity index (χ2n) is 6.38. The van der Waals surface area contributed by atoms with E-state index in [9.17, 15) is 0 Å². The first-order valence-electron chi connectivity index (χ1n) is 6.63. The number of nitrogens with one attached hydrogen (secondary N) is 1. The van der Waals surface area contributed by atoms with Crippen molar-refractivity contribution in [2.24, 2.45) is 17.3 Å². The summed E-state index contributed by atoms with van der Waals surface area (Å²) < 4.78 is 0. The minimum absolute atomic E-state index is 0.223. The van der Waals surface area contributed by atoms with Gasteiger partial charge >= 0.3 is 0 Å². The summed E-state index contributed by atoms with van der Waals surface area (Å²) in [6.07, 6.45) is 10.9. The molecule has 0 saturated heterocycles. The highest BCUT2D eigenvalue weighted by atomic mass is 14.9. The van der Waals surface area contributed by atoms with E-state index in [1.54, 1.807) is 0 Å². The predicted octanol–water partition coefficient (Wildman–Crippen LogP) is 3.45. The molecule has 1 atom stereocenters. The van der Waals surface area contributed by atoms with Gasteiger partial charge in [0.05, 0.1) is 6.04 Å². The largest absolute Gasteiger partial charge is 0.304 e. The number of hydrogen-bond donors (Lipinski definition) is 1. The average Bonchev–Trinajstić information content (AvgIpc) is 2.25. The fourth-order valence-electron chi connectivity index (χ4n) is 2.63. The Kier molecular flexibility index (Phi) is 4.87. The molecule has 0 amide bonds. The van der Waals surface area contributed by atoms with E-state index in [1.165, 1.54) is 25.7 Å². The molecule has 0 heterocycles. The van der Waals surface area contributed by atoms with Crippen molar-refractivity contribution in [1.82, 2.24) is 5.32 Å². The van der Waals surface area contributed by atoms with Crippen LogP contribution in [0.1, 0.15) is 53.4 Å². The monoisotopic (exact) mass is 221 g/mol. The Morgan fingerprint density at radius 3 is 2.25 bits per heavy atom. The third kappa shape index (κ3) is 4.18. The smallest absolute Gasteiger partial charge is 0.0658 e. The highest BCUT2D eigenvalue weighted by molar-refractivity contribution is 4.96. The van der Waals surface area contributed by atoms with Crippen molar-refractivity contribution in [2.45, 2.75) is 59.4 Å². The van der Waals surface area contributed by atoms with Gasteiger partial charge in [0.2, 0.25) is 0 Å². The Morgan fingerprint density at radius 1 is 1.25 bits per heavy atom.